The van der Waals surface area contributed by atoms with Crippen LogP contribution in [-0.4, -0.2) is 44.0 Å². The molecule has 1 aromatic rings. The molecule has 3 N–H and O–H groups in total. The van der Waals surface area contributed by atoms with Crippen molar-refractivity contribution in [2.45, 2.75) is 32.7 Å². The third kappa shape index (κ3) is 8.24. The molecule has 5 nitrogen and oxygen atoms in total. The molecular weight excluding hydrogens is 320 g/mol. The summed E-state index contributed by atoms with van der Waals surface area (Å²) in [4.78, 5) is 16.2. The van der Waals surface area contributed by atoms with E-state index in [0.29, 0.717) is 18.7 Å². The lowest BCUT2D eigenvalue weighted by atomic mass is 10.1. The largest absolute Gasteiger partial charge is 0.356 e. The van der Waals surface area contributed by atoms with E-state index in [1.54, 1.807) is 7.05 Å². The van der Waals surface area contributed by atoms with Crippen LogP contribution < -0.4 is 16.0 Å². The summed E-state index contributed by atoms with van der Waals surface area (Å²) >= 11 is 1.88. The number of guanidine groups is 1. The SMILES string of the molecule is CCCNC(=O)c1cccc(CNC(=NC)NCCCCSC)c1. The normalized spacial score (nSPS) is 11.2. The number of rotatable bonds is 10. The minimum atomic E-state index is -0.0185. The van der Waals surface area contributed by atoms with Crippen LogP contribution in [0.15, 0.2) is 29.3 Å². The molecule has 0 aliphatic carbocycles. The van der Waals surface area contributed by atoms with Gasteiger partial charge in [0.15, 0.2) is 5.96 Å². The molecule has 1 amide bonds. The number of aliphatic imine (C=N–C) groups is 1. The highest BCUT2D eigenvalue weighted by Gasteiger charge is 2.05. The molecule has 134 valence electrons. The molecule has 0 aromatic heterocycles. The second-order valence-corrected chi connectivity index (χ2v) is 6.49. The first-order valence-corrected chi connectivity index (χ1v) is 9.91. The standard InChI is InChI=1S/C18H30N4OS/c1-4-10-20-17(23)16-9-7-8-15(13-16)14-22-18(19-2)21-11-5-6-12-24-3/h7-9,13H,4-6,10-12,14H2,1-3H3,(H,20,23)(H2,19,21,22). The van der Waals surface area contributed by atoms with Crippen molar-refractivity contribution in [1.82, 2.24) is 16.0 Å². The number of nitrogens with one attached hydrogen (secondary N) is 3. The number of benzene rings is 1. The van der Waals surface area contributed by atoms with Crippen molar-refractivity contribution < 1.29 is 4.79 Å². The van der Waals surface area contributed by atoms with Crippen molar-refractivity contribution >= 4 is 23.6 Å². The Morgan fingerprint density at radius 2 is 2.00 bits per heavy atom. The average Bonchev–Trinajstić information content (AvgIpc) is 2.62. The maximum atomic E-state index is 12.0. The number of thioether (sulfide) groups is 1. The Hall–Kier alpha value is -1.69. The second kappa shape index (κ2) is 12.7. The second-order valence-electron chi connectivity index (χ2n) is 5.51. The van der Waals surface area contributed by atoms with Crippen LogP contribution in [-0.2, 0) is 6.54 Å². The van der Waals surface area contributed by atoms with E-state index in [0.717, 1.165) is 30.9 Å². The molecule has 0 bridgehead atoms. The van der Waals surface area contributed by atoms with Gasteiger partial charge in [-0.05, 0) is 49.0 Å². The van der Waals surface area contributed by atoms with Crippen molar-refractivity contribution in [2.24, 2.45) is 4.99 Å². The lowest BCUT2D eigenvalue weighted by molar-refractivity contribution is 0.0953. The topological polar surface area (TPSA) is 65.5 Å². The highest BCUT2D eigenvalue weighted by atomic mass is 32.2. The van der Waals surface area contributed by atoms with Crippen LogP contribution in [0.4, 0.5) is 0 Å². The minimum Gasteiger partial charge on any atom is -0.356 e. The van der Waals surface area contributed by atoms with E-state index < -0.39 is 0 Å². The van der Waals surface area contributed by atoms with Gasteiger partial charge in [0.2, 0.25) is 0 Å². The third-order valence-electron chi connectivity index (χ3n) is 3.48. The van der Waals surface area contributed by atoms with E-state index in [1.165, 1.54) is 12.2 Å². The van der Waals surface area contributed by atoms with E-state index in [9.17, 15) is 4.79 Å². The fraction of sp³-hybridized carbons (Fsp3) is 0.556. The van der Waals surface area contributed by atoms with Gasteiger partial charge in [-0.1, -0.05) is 19.1 Å². The number of amides is 1. The van der Waals surface area contributed by atoms with E-state index in [4.69, 9.17) is 0 Å². The van der Waals surface area contributed by atoms with Crippen LogP contribution in [0.3, 0.4) is 0 Å². The molecule has 0 saturated heterocycles. The van der Waals surface area contributed by atoms with Crippen LogP contribution in [0.2, 0.25) is 0 Å². The van der Waals surface area contributed by atoms with Crippen LogP contribution >= 0.6 is 11.8 Å². The Bertz CT molecular complexity index is 519. The number of unbranched alkanes of at least 4 members (excludes halogenated alkanes) is 1. The smallest absolute Gasteiger partial charge is 0.251 e. The van der Waals surface area contributed by atoms with Gasteiger partial charge in [-0.2, -0.15) is 11.8 Å². The van der Waals surface area contributed by atoms with Crippen molar-refractivity contribution in [3.05, 3.63) is 35.4 Å². The van der Waals surface area contributed by atoms with Crippen molar-refractivity contribution in [1.29, 1.82) is 0 Å². The van der Waals surface area contributed by atoms with E-state index in [-0.39, 0.29) is 5.91 Å². The van der Waals surface area contributed by atoms with Gasteiger partial charge < -0.3 is 16.0 Å². The van der Waals surface area contributed by atoms with Gasteiger partial charge >= 0.3 is 0 Å². The molecule has 0 unspecified atom stereocenters. The van der Waals surface area contributed by atoms with E-state index >= 15 is 0 Å². The molecule has 0 spiro atoms. The lowest BCUT2D eigenvalue weighted by Crippen LogP contribution is -2.37. The predicted molar refractivity (Wildman–Crippen MR) is 105 cm³/mol. The molecular formula is C18H30N4OS. The number of hydrogen-bond donors (Lipinski definition) is 3. The molecule has 6 heteroatoms. The Labute approximate surface area is 150 Å². The van der Waals surface area contributed by atoms with Gasteiger partial charge in [-0.25, -0.2) is 0 Å². The first kappa shape index (κ1) is 20.4. The number of carbonyl (C=O) groups is 1. The Morgan fingerprint density at radius 1 is 1.17 bits per heavy atom. The molecule has 1 rings (SSSR count). The summed E-state index contributed by atoms with van der Waals surface area (Å²) < 4.78 is 0. The maximum absolute atomic E-state index is 12.0. The summed E-state index contributed by atoms with van der Waals surface area (Å²) in [7, 11) is 1.77. The van der Waals surface area contributed by atoms with Crippen LogP contribution in [0, 0.1) is 0 Å². The summed E-state index contributed by atoms with van der Waals surface area (Å²) in [6.45, 7) is 4.30. The Morgan fingerprint density at radius 3 is 2.71 bits per heavy atom. The zero-order valence-corrected chi connectivity index (χ0v) is 15.8. The molecule has 0 atom stereocenters. The van der Waals surface area contributed by atoms with Gasteiger partial charge in [-0.3, -0.25) is 9.79 Å². The van der Waals surface area contributed by atoms with Crippen molar-refractivity contribution in [3.8, 4) is 0 Å². The number of carbonyl (C=O) groups excluding carboxylic acids is 1. The molecule has 24 heavy (non-hydrogen) atoms. The van der Waals surface area contributed by atoms with Crippen LogP contribution in [0.1, 0.15) is 42.1 Å². The third-order valence-corrected chi connectivity index (χ3v) is 4.17. The number of nitrogens with zero attached hydrogens (tertiary/aromatic N) is 1. The maximum Gasteiger partial charge on any atom is 0.251 e. The first-order chi connectivity index (χ1) is 11.7. The van der Waals surface area contributed by atoms with Gasteiger partial charge in [0.25, 0.3) is 5.91 Å². The van der Waals surface area contributed by atoms with Gasteiger partial charge in [0.1, 0.15) is 0 Å². The zero-order chi connectivity index (χ0) is 17.6. The molecule has 1 aromatic carbocycles. The fourth-order valence-electron chi connectivity index (χ4n) is 2.15. The Balaban J connectivity index is 2.43. The predicted octanol–water partition coefficient (Wildman–Crippen LogP) is 2.63. The zero-order valence-electron chi connectivity index (χ0n) is 15.0. The van der Waals surface area contributed by atoms with E-state index in [1.807, 2.05) is 43.0 Å². The van der Waals surface area contributed by atoms with Crippen LogP contribution in [0.25, 0.3) is 0 Å². The van der Waals surface area contributed by atoms with Crippen LogP contribution in [0.5, 0.6) is 0 Å². The highest BCUT2D eigenvalue weighted by molar-refractivity contribution is 7.98. The van der Waals surface area contributed by atoms with Gasteiger partial charge in [0, 0.05) is 32.2 Å². The molecule has 0 heterocycles. The Kier molecular flexibility index (Phi) is 10.8. The van der Waals surface area contributed by atoms with Crippen molar-refractivity contribution in [3.63, 3.8) is 0 Å². The first-order valence-electron chi connectivity index (χ1n) is 8.51. The molecule has 0 radical (unpaired) electrons. The summed E-state index contributed by atoms with van der Waals surface area (Å²) in [6.07, 6.45) is 5.41. The summed E-state index contributed by atoms with van der Waals surface area (Å²) in [5, 5.41) is 9.50. The minimum absolute atomic E-state index is 0.0185. The van der Waals surface area contributed by atoms with Gasteiger partial charge in [0.05, 0.1) is 0 Å². The van der Waals surface area contributed by atoms with Gasteiger partial charge in [-0.15, -0.1) is 0 Å². The quantitative estimate of drug-likeness (QED) is 0.345. The highest BCUT2D eigenvalue weighted by Crippen LogP contribution is 2.05. The lowest BCUT2D eigenvalue weighted by Gasteiger charge is -2.12. The average molecular weight is 351 g/mol. The molecule has 0 aliphatic rings. The van der Waals surface area contributed by atoms with E-state index in [2.05, 4.69) is 27.2 Å². The molecule has 0 aliphatic heterocycles. The monoisotopic (exact) mass is 350 g/mol. The number of hydrogen-bond acceptors (Lipinski definition) is 3. The summed E-state index contributed by atoms with van der Waals surface area (Å²) in [5.74, 6) is 1.97. The van der Waals surface area contributed by atoms with Crippen molar-refractivity contribution in [2.75, 3.05) is 32.1 Å². The fourth-order valence-corrected chi connectivity index (χ4v) is 2.64. The molecule has 0 fully saturated rings. The summed E-state index contributed by atoms with van der Waals surface area (Å²) in [5.41, 5.74) is 1.76. The summed E-state index contributed by atoms with van der Waals surface area (Å²) in [6, 6.07) is 7.68. The molecule has 0 saturated carbocycles.